The molecule has 7 heteroatoms. The van der Waals surface area contributed by atoms with Crippen molar-refractivity contribution in [2.75, 3.05) is 17.2 Å². The quantitative estimate of drug-likeness (QED) is 0.752. The van der Waals surface area contributed by atoms with E-state index in [1.807, 2.05) is 6.07 Å². The number of hydrogen-bond donors (Lipinski definition) is 3. The van der Waals surface area contributed by atoms with Crippen molar-refractivity contribution >= 4 is 29.3 Å². The molecule has 3 N–H and O–H groups in total. The first-order valence-corrected chi connectivity index (χ1v) is 8.47. The summed E-state index contributed by atoms with van der Waals surface area (Å²) in [5.74, 6) is -0.730. The van der Waals surface area contributed by atoms with Crippen LogP contribution < -0.4 is 16.0 Å². The highest BCUT2D eigenvalue weighted by Gasteiger charge is 2.17. The fraction of sp³-hybridized carbons (Fsp3) is 0.250. The van der Waals surface area contributed by atoms with Crippen molar-refractivity contribution in [3.63, 3.8) is 0 Å². The monoisotopic (exact) mass is 369 g/mol. The number of rotatable bonds is 5. The molecule has 0 bridgehead atoms. The summed E-state index contributed by atoms with van der Waals surface area (Å²) in [4.78, 5) is 36.0. The van der Waals surface area contributed by atoms with Crippen LogP contribution in [0.2, 0.25) is 0 Å². The van der Waals surface area contributed by atoms with Crippen molar-refractivity contribution in [3.05, 3.63) is 60.2 Å². The highest BCUT2D eigenvalue weighted by atomic mass is 16.6. The lowest BCUT2D eigenvalue weighted by molar-refractivity contribution is -0.115. The summed E-state index contributed by atoms with van der Waals surface area (Å²) in [6.45, 7) is 4.95. The van der Waals surface area contributed by atoms with E-state index >= 15 is 0 Å². The number of anilines is 2. The van der Waals surface area contributed by atoms with Gasteiger partial charge in [0.25, 0.3) is 5.91 Å². The molecule has 0 spiro atoms. The highest BCUT2D eigenvalue weighted by Crippen LogP contribution is 2.21. The molecule has 0 fully saturated rings. The van der Waals surface area contributed by atoms with Crippen LogP contribution in [0.3, 0.4) is 0 Å². The molecule has 3 amide bonds. The lowest BCUT2D eigenvalue weighted by atomic mass is 10.2. The molecule has 7 nitrogen and oxygen atoms in total. The third-order valence-corrected chi connectivity index (χ3v) is 3.28. The van der Waals surface area contributed by atoms with Gasteiger partial charge in [0, 0.05) is 5.56 Å². The molecular formula is C20H23N3O4. The Labute approximate surface area is 158 Å². The second-order valence-electron chi connectivity index (χ2n) is 6.77. The number of hydrogen-bond acceptors (Lipinski definition) is 4. The lowest BCUT2D eigenvalue weighted by Crippen LogP contribution is -2.37. The predicted octanol–water partition coefficient (Wildman–Crippen LogP) is 3.40. The molecule has 2 aromatic carbocycles. The van der Waals surface area contributed by atoms with Crippen LogP contribution in [0, 0.1) is 0 Å². The standard InChI is InChI=1S/C20H23N3O4/c1-20(2,3)27-19(26)21-13-17(24)22-15-11-7-8-12-16(15)23-18(25)14-9-5-4-6-10-14/h4-12H,13H2,1-3H3,(H,21,26)(H,22,24)(H,23,25). The van der Waals surface area contributed by atoms with E-state index in [1.165, 1.54) is 0 Å². The molecule has 142 valence electrons. The van der Waals surface area contributed by atoms with Crippen LogP contribution in [-0.2, 0) is 9.53 Å². The van der Waals surface area contributed by atoms with Gasteiger partial charge in [-0.3, -0.25) is 9.59 Å². The first kappa shape index (κ1) is 20.0. The molecule has 0 atom stereocenters. The zero-order valence-electron chi connectivity index (χ0n) is 15.5. The summed E-state index contributed by atoms with van der Waals surface area (Å²) >= 11 is 0. The van der Waals surface area contributed by atoms with Gasteiger partial charge in [0.2, 0.25) is 5.91 Å². The van der Waals surface area contributed by atoms with Gasteiger partial charge < -0.3 is 20.7 Å². The predicted molar refractivity (Wildman–Crippen MR) is 104 cm³/mol. The van der Waals surface area contributed by atoms with E-state index in [0.29, 0.717) is 16.9 Å². The van der Waals surface area contributed by atoms with Crippen molar-refractivity contribution in [2.24, 2.45) is 0 Å². The number of para-hydroxylation sites is 2. The Morgan fingerprint density at radius 2 is 1.41 bits per heavy atom. The Morgan fingerprint density at radius 3 is 2.00 bits per heavy atom. The summed E-state index contributed by atoms with van der Waals surface area (Å²) in [6, 6.07) is 15.6. The lowest BCUT2D eigenvalue weighted by Gasteiger charge is -2.19. The maximum atomic E-state index is 12.3. The average molecular weight is 369 g/mol. The van der Waals surface area contributed by atoms with Gasteiger partial charge in [-0.1, -0.05) is 30.3 Å². The Bertz CT molecular complexity index is 813. The first-order chi connectivity index (χ1) is 12.7. The van der Waals surface area contributed by atoms with Crippen LogP contribution in [-0.4, -0.2) is 30.1 Å². The number of benzene rings is 2. The summed E-state index contributed by atoms with van der Waals surface area (Å²) in [5, 5.41) is 7.81. The van der Waals surface area contributed by atoms with Crippen molar-refractivity contribution in [1.82, 2.24) is 5.32 Å². The van der Waals surface area contributed by atoms with Gasteiger partial charge in [-0.15, -0.1) is 0 Å². The molecule has 0 heterocycles. The molecule has 0 aliphatic rings. The van der Waals surface area contributed by atoms with E-state index in [-0.39, 0.29) is 12.5 Å². The van der Waals surface area contributed by atoms with E-state index in [4.69, 9.17) is 4.74 Å². The maximum absolute atomic E-state index is 12.3. The van der Waals surface area contributed by atoms with Crippen LogP contribution >= 0.6 is 0 Å². The average Bonchev–Trinajstić information content (AvgIpc) is 2.61. The van der Waals surface area contributed by atoms with Crippen molar-refractivity contribution in [1.29, 1.82) is 0 Å². The van der Waals surface area contributed by atoms with E-state index in [0.717, 1.165) is 0 Å². The van der Waals surface area contributed by atoms with Crippen molar-refractivity contribution in [2.45, 2.75) is 26.4 Å². The fourth-order valence-corrected chi connectivity index (χ4v) is 2.15. The third-order valence-electron chi connectivity index (χ3n) is 3.28. The van der Waals surface area contributed by atoms with Crippen LogP contribution in [0.4, 0.5) is 16.2 Å². The number of ether oxygens (including phenoxy) is 1. The smallest absolute Gasteiger partial charge is 0.408 e. The number of amides is 3. The van der Waals surface area contributed by atoms with Gasteiger partial charge in [0.1, 0.15) is 12.1 Å². The van der Waals surface area contributed by atoms with E-state index in [2.05, 4.69) is 16.0 Å². The third kappa shape index (κ3) is 6.81. The maximum Gasteiger partial charge on any atom is 0.408 e. The van der Waals surface area contributed by atoms with Gasteiger partial charge in [-0.05, 0) is 45.0 Å². The normalized spacial score (nSPS) is 10.6. The van der Waals surface area contributed by atoms with Crippen molar-refractivity contribution < 1.29 is 19.1 Å². The van der Waals surface area contributed by atoms with Gasteiger partial charge in [0.15, 0.2) is 0 Å². The van der Waals surface area contributed by atoms with Crippen LogP contribution in [0.1, 0.15) is 31.1 Å². The molecule has 0 aliphatic heterocycles. The molecule has 0 saturated heterocycles. The van der Waals surface area contributed by atoms with Crippen molar-refractivity contribution in [3.8, 4) is 0 Å². The summed E-state index contributed by atoms with van der Waals surface area (Å²) in [6.07, 6.45) is -0.677. The number of carbonyl (C=O) groups excluding carboxylic acids is 3. The minimum absolute atomic E-state index is 0.254. The summed E-state index contributed by atoms with van der Waals surface area (Å²) in [5.41, 5.74) is 0.745. The minimum Gasteiger partial charge on any atom is -0.444 e. The summed E-state index contributed by atoms with van der Waals surface area (Å²) in [7, 11) is 0. The van der Waals surface area contributed by atoms with E-state index in [1.54, 1.807) is 69.3 Å². The second-order valence-corrected chi connectivity index (χ2v) is 6.77. The zero-order chi connectivity index (χ0) is 19.9. The molecule has 0 unspecified atom stereocenters. The zero-order valence-corrected chi connectivity index (χ0v) is 15.5. The SMILES string of the molecule is CC(C)(C)OC(=O)NCC(=O)Nc1ccccc1NC(=O)c1ccccc1. The highest BCUT2D eigenvalue weighted by molar-refractivity contribution is 6.07. The molecule has 0 aliphatic carbocycles. The molecule has 2 rings (SSSR count). The summed E-state index contributed by atoms with van der Waals surface area (Å²) < 4.78 is 5.08. The molecular weight excluding hydrogens is 346 g/mol. The Balaban J connectivity index is 1.96. The minimum atomic E-state index is -0.677. The van der Waals surface area contributed by atoms with Crippen LogP contribution in [0.15, 0.2) is 54.6 Å². The Hall–Kier alpha value is -3.35. The Kier molecular flexibility index (Phi) is 6.54. The fourth-order valence-electron chi connectivity index (χ4n) is 2.15. The second kappa shape index (κ2) is 8.84. The number of alkyl carbamates (subject to hydrolysis) is 1. The van der Waals surface area contributed by atoms with Gasteiger partial charge in [-0.25, -0.2) is 4.79 Å². The van der Waals surface area contributed by atoms with Gasteiger partial charge >= 0.3 is 6.09 Å². The first-order valence-electron chi connectivity index (χ1n) is 8.47. The van der Waals surface area contributed by atoms with E-state index < -0.39 is 17.6 Å². The molecule has 0 saturated carbocycles. The molecule has 2 aromatic rings. The Morgan fingerprint density at radius 1 is 0.852 bits per heavy atom. The van der Waals surface area contributed by atoms with Gasteiger partial charge in [0.05, 0.1) is 11.4 Å². The number of nitrogens with one attached hydrogen (secondary N) is 3. The molecule has 0 aromatic heterocycles. The topological polar surface area (TPSA) is 96.5 Å². The van der Waals surface area contributed by atoms with Crippen LogP contribution in [0.25, 0.3) is 0 Å². The van der Waals surface area contributed by atoms with Crippen LogP contribution in [0.5, 0.6) is 0 Å². The molecule has 27 heavy (non-hydrogen) atoms. The van der Waals surface area contributed by atoms with Gasteiger partial charge in [-0.2, -0.15) is 0 Å². The molecule has 0 radical (unpaired) electrons. The largest absolute Gasteiger partial charge is 0.444 e. The van der Waals surface area contributed by atoms with E-state index in [9.17, 15) is 14.4 Å². The number of carbonyl (C=O) groups is 3.